The van der Waals surface area contributed by atoms with Gasteiger partial charge in [-0.05, 0) is 19.1 Å². The molecule has 8 heteroatoms. The molecule has 0 aliphatic carbocycles. The molecule has 0 fully saturated rings. The number of hydrogen-bond donors (Lipinski definition) is 2. The predicted molar refractivity (Wildman–Crippen MR) is 82.9 cm³/mol. The molecule has 7 nitrogen and oxygen atoms in total. The fourth-order valence-electron chi connectivity index (χ4n) is 2.04. The highest BCUT2D eigenvalue weighted by atomic mass is 32.1. The van der Waals surface area contributed by atoms with Gasteiger partial charge in [-0.15, -0.1) is 11.3 Å². The second-order valence-corrected chi connectivity index (χ2v) is 5.62. The molecule has 0 atom stereocenters. The van der Waals surface area contributed by atoms with Gasteiger partial charge in [-0.1, -0.05) is 6.07 Å². The van der Waals surface area contributed by atoms with Crippen LogP contribution in [0.2, 0.25) is 0 Å². The Labute approximate surface area is 129 Å². The fourth-order valence-corrected chi connectivity index (χ4v) is 2.75. The Morgan fingerprint density at radius 3 is 2.91 bits per heavy atom. The van der Waals surface area contributed by atoms with E-state index in [0.29, 0.717) is 22.2 Å². The standard InChI is InChI=1S/C14H13N5O2S/c1-8-3-2-4-12-17-10(6-19(8)12)13(21)18-14-16-9(7-22-14)5-11(15)20/h2-4,6-7H,5H2,1H3,(H2,15,20)(H,16,18,21). The van der Waals surface area contributed by atoms with E-state index in [0.717, 1.165) is 5.69 Å². The smallest absolute Gasteiger partial charge is 0.277 e. The van der Waals surface area contributed by atoms with Crippen LogP contribution in [-0.4, -0.2) is 26.2 Å². The molecule has 22 heavy (non-hydrogen) atoms. The normalized spacial score (nSPS) is 10.8. The molecule has 0 aromatic carbocycles. The molecule has 0 unspecified atom stereocenters. The maximum atomic E-state index is 12.2. The maximum absolute atomic E-state index is 12.2. The Kier molecular flexibility index (Phi) is 3.60. The maximum Gasteiger partial charge on any atom is 0.277 e. The molecule has 3 rings (SSSR count). The van der Waals surface area contributed by atoms with Crippen LogP contribution < -0.4 is 11.1 Å². The number of amides is 2. The van der Waals surface area contributed by atoms with Crippen LogP contribution in [0.5, 0.6) is 0 Å². The van der Waals surface area contributed by atoms with Crippen molar-refractivity contribution in [2.45, 2.75) is 13.3 Å². The number of anilines is 1. The van der Waals surface area contributed by atoms with Crippen LogP contribution in [0.3, 0.4) is 0 Å². The molecule has 0 saturated carbocycles. The molecule has 3 N–H and O–H groups in total. The third-order valence-corrected chi connectivity index (χ3v) is 3.86. The minimum absolute atomic E-state index is 0.0555. The highest BCUT2D eigenvalue weighted by Gasteiger charge is 2.14. The second kappa shape index (κ2) is 5.57. The first kappa shape index (κ1) is 14.2. The average Bonchev–Trinajstić information content (AvgIpc) is 3.05. The number of carbonyl (C=O) groups excluding carboxylic acids is 2. The van der Waals surface area contributed by atoms with Gasteiger partial charge in [0.05, 0.1) is 12.1 Å². The van der Waals surface area contributed by atoms with E-state index in [1.54, 1.807) is 11.6 Å². The van der Waals surface area contributed by atoms with Gasteiger partial charge in [-0.25, -0.2) is 9.97 Å². The molecule has 3 aromatic heterocycles. The number of nitrogens with one attached hydrogen (secondary N) is 1. The number of nitrogens with zero attached hydrogens (tertiary/aromatic N) is 3. The predicted octanol–water partition coefficient (Wildman–Crippen LogP) is 1.38. The van der Waals surface area contributed by atoms with Gasteiger partial charge in [-0.3, -0.25) is 14.9 Å². The summed E-state index contributed by atoms with van der Waals surface area (Å²) in [4.78, 5) is 31.5. The van der Waals surface area contributed by atoms with Gasteiger partial charge in [0.25, 0.3) is 5.91 Å². The first-order chi connectivity index (χ1) is 10.5. The number of pyridine rings is 1. The summed E-state index contributed by atoms with van der Waals surface area (Å²) in [6.07, 6.45) is 1.73. The third-order valence-electron chi connectivity index (χ3n) is 3.06. The number of primary amides is 1. The van der Waals surface area contributed by atoms with Crippen molar-refractivity contribution in [3.05, 3.63) is 46.9 Å². The molecule has 3 aromatic rings. The van der Waals surface area contributed by atoms with Gasteiger partial charge in [0.2, 0.25) is 5.91 Å². The van der Waals surface area contributed by atoms with Crippen molar-refractivity contribution in [2.24, 2.45) is 5.73 Å². The molecule has 0 aliphatic rings. The Balaban J connectivity index is 1.79. The summed E-state index contributed by atoms with van der Waals surface area (Å²) in [7, 11) is 0. The Morgan fingerprint density at radius 1 is 1.36 bits per heavy atom. The number of carbonyl (C=O) groups is 2. The molecule has 0 bridgehead atoms. The van der Waals surface area contributed by atoms with Crippen LogP contribution in [0, 0.1) is 6.92 Å². The average molecular weight is 315 g/mol. The van der Waals surface area contributed by atoms with Crippen molar-refractivity contribution >= 4 is 33.9 Å². The summed E-state index contributed by atoms with van der Waals surface area (Å²) >= 11 is 1.24. The first-order valence-corrected chi connectivity index (χ1v) is 7.39. The Morgan fingerprint density at radius 2 is 2.18 bits per heavy atom. The number of aryl methyl sites for hydroxylation is 1. The summed E-state index contributed by atoms with van der Waals surface area (Å²) in [5, 5.41) is 4.77. The highest BCUT2D eigenvalue weighted by molar-refractivity contribution is 7.14. The van der Waals surface area contributed by atoms with E-state index in [2.05, 4.69) is 15.3 Å². The number of fused-ring (bicyclic) bond motifs is 1. The van der Waals surface area contributed by atoms with Gasteiger partial charge in [-0.2, -0.15) is 0 Å². The van der Waals surface area contributed by atoms with Crippen molar-refractivity contribution < 1.29 is 9.59 Å². The molecular formula is C14H13N5O2S. The quantitative estimate of drug-likeness (QED) is 0.759. The second-order valence-electron chi connectivity index (χ2n) is 4.76. The van der Waals surface area contributed by atoms with Crippen LogP contribution in [0.4, 0.5) is 5.13 Å². The SMILES string of the molecule is Cc1cccc2nc(C(=O)Nc3nc(CC(N)=O)cs3)cn12. The van der Waals surface area contributed by atoms with E-state index in [1.165, 1.54) is 11.3 Å². The van der Waals surface area contributed by atoms with Crippen LogP contribution in [0.1, 0.15) is 21.9 Å². The topological polar surface area (TPSA) is 102 Å². The van der Waals surface area contributed by atoms with Crippen molar-refractivity contribution in [3.8, 4) is 0 Å². The lowest BCUT2D eigenvalue weighted by atomic mass is 10.3. The van der Waals surface area contributed by atoms with Gasteiger partial charge in [0.1, 0.15) is 11.3 Å². The fraction of sp³-hybridized carbons (Fsp3) is 0.143. The zero-order valence-electron chi connectivity index (χ0n) is 11.7. The van der Waals surface area contributed by atoms with E-state index in [9.17, 15) is 9.59 Å². The summed E-state index contributed by atoms with van der Waals surface area (Å²) < 4.78 is 1.84. The molecular weight excluding hydrogens is 302 g/mol. The summed E-state index contributed by atoms with van der Waals surface area (Å²) in [6, 6.07) is 5.65. The van der Waals surface area contributed by atoms with E-state index in [1.807, 2.05) is 29.5 Å². The van der Waals surface area contributed by atoms with Crippen LogP contribution in [0.15, 0.2) is 29.8 Å². The lowest BCUT2D eigenvalue weighted by Gasteiger charge is -1.97. The van der Waals surface area contributed by atoms with Gasteiger partial charge >= 0.3 is 0 Å². The lowest BCUT2D eigenvalue weighted by molar-refractivity contribution is -0.117. The number of aromatic nitrogens is 3. The van der Waals surface area contributed by atoms with Crippen LogP contribution >= 0.6 is 11.3 Å². The lowest BCUT2D eigenvalue weighted by Crippen LogP contribution is -2.14. The van der Waals surface area contributed by atoms with E-state index in [-0.39, 0.29) is 12.3 Å². The molecule has 0 saturated heterocycles. The largest absolute Gasteiger partial charge is 0.369 e. The van der Waals surface area contributed by atoms with Crippen molar-refractivity contribution in [3.63, 3.8) is 0 Å². The van der Waals surface area contributed by atoms with E-state index >= 15 is 0 Å². The monoisotopic (exact) mass is 315 g/mol. The molecule has 2 amide bonds. The minimum atomic E-state index is -0.459. The minimum Gasteiger partial charge on any atom is -0.369 e. The van der Waals surface area contributed by atoms with E-state index < -0.39 is 5.91 Å². The van der Waals surface area contributed by atoms with Gasteiger partial charge in [0, 0.05) is 17.3 Å². The van der Waals surface area contributed by atoms with Crippen LogP contribution in [-0.2, 0) is 11.2 Å². The summed E-state index contributed by atoms with van der Waals surface area (Å²) in [5.41, 5.74) is 7.65. The summed E-state index contributed by atoms with van der Waals surface area (Å²) in [6.45, 7) is 1.94. The molecule has 0 aliphatic heterocycles. The van der Waals surface area contributed by atoms with Crippen molar-refractivity contribution in [1.82, 2.24) is 14.4 Å². The zero-order chi connectivity index (χ0) is 15.7. The molecule has 3 heterocycles. The van der Waals surface area contributed by atoms with Gasteiger partial charge in [0.15, 0.2) is 5.13 Å². The highest BCUT2D eigenvalue weighted by Crippen LogP contribution is 2.17. The molecule has 112 valence electrons. The van der Waals surface area contributed by atoms with Gasteiger partial charge < -0.3 is 10.1 Å². The number of imidazole rings is 1. The summed E-state index contributed by atoms with van der Waals surface area (Å²) in [5.74, 6) is -0.804. The first-order valence-electron chi connectivity index (χ1n) is 6.52. The van der Waals surface area contributed by atoms with Crippen molar-refractivity contribution in [2.75, 3.05) is 5.32 Å². The van der Waals surface area contributed by atoms with E-state index in [4.69, 9.17) is 5.73 Å². The molecule has 0 spiro atoms. The number of thiazole rings is 1. The number of rotatable bonds is 4. The number of hydrogen-bond acceptors (Lipinski definition) is 5. The Bertz CT molecular complexity index is 867. The van der Waals surface area contributed by atoms with Crippen LogP contribution in [0.25, 0.3) is 5.65 Å². The third kappa shape index (κ3) is 2.82. The molecule has 0 radical (unpaired) electrons. The Hall–Kier alpha value is -2.74. The van der Waals surface area contributed by atoms with Crippen molar-refractivity contribution in [1.29, 1.82) is 0 Å². The zero-order valence-corrected chi connectivity index (χ0v) is 12.6. The number of nitrogens with two attached hydrogens (primary N) is 1.